The summed E-state index contributed by atoms with van der Waals surface area (Å²) in [6, 6.07) is 3.87. The molecule has 0 amide bonds. The van der Waals surface area contributed by atoms with Gasteiger partial charge in [0, 0.05) is 6.20 Å². The van der Waals surface area contributed by atoms with Gasteiger partial charge in [-0.2, -0.15) is 0 Å². The standard InChI is InChI=1S/C12H13NS/c1-3-5-10(6-4-2)11-7-8-12(14)13-9-11/h3-9H,1H2,2H3,(H,13,14)/b6-4-,10-5+. The number of allylic oxidation sites excluding steroid dienone is 5. The molecule has 1 nitrogen and oxygen atoms in total. The van der Waals surface area contributed by atoms with E-state index in [0.29, 0.717) is 0 Å². The van der Waals surface area contributed by atoms with Gasteiger partial charge >= 0.3 is 0 Å². The van der Waals surface area contributed by atoms with Crippen molar-refractivity contribution in [1.29, 1.82) is 0 Å². The SMILES string of the molecule is C=C/C=C(\C=C/C)c1ccc(=S)[nH]c1. The first-order valence-electron chi connectivity index (χ1n) is 4.42. The molecule has 1 aromatic rings. The summed E-state index contributed by atoms with van der Waals surface area (Å²) >= 11 is 4.97. The highest BCUT2D eigenvalue weighted by Crippen LogP contribution is 2.14. The molecule has 0 saturated carbocycles. The molecule has 1 heterocycles. The predicted molar refractivity (Wildman–Crippen MR) is 64.6 cm³/mol. The number of rotatable bonds is 3. The minimum absolute atomic E-state index is 0.743. The van der Waals surface area contributed by atoms with Gasteiger partial charge in [-0.1, -0.05) is 43.1 Å². The Hall–Kier alpha value is -1.41. The molecule has 0 aliphatic rings. The number of hydrogen-bond acceptors (Lipinski definition) is 1. The zero-order valence-corrected chi connectivity index (χ0v) is 8.97. The number of hydrogen-bond donors (Lipinski definition) is 1. The van der Waals surface area contributed by atoms with Crippen LogP contribution in [0, 0.1) is 4.64 Å². The van der Waals surface area contributed by atoms with E-state index in [4.69, 9.17) is 12.2 Å². The van der Waals surface area contributed by atoms with Crippen molar-refractivity contribution in [1.82, 2.24) is 4.98 Å². The Morgan fingerprint density at radius 2 is 2.29 bits per heavy atom. The van der Waals surface area contributed by atoms with E-state index in [1.54, 1.807) is 6.08 Å². The third-order valence-electron chi connectivity index (χ3n) is 1.76. The number of aromatic nitrogens is 1. The van der Waals surface area contributed by atoms with E-state index in [9.17, 15) is 0 Å². The summed E-state index contributed by atoms with van der Waals surface area (Å²) in [5.74, 6) is 0. The van der Waals surface area contributed by atoms with E-state index in [-0.39, 0.29) is 0 Å². The van der Waals surface area contributed by atoms with Crippen molar-refractivity contribution in [3.05, 3.63) is 59.4 Å². The Bertz CT molecular complexity index is 404. The molecule has 0 bridgehead atoms. The molecule has 2 heteroatoms. The summed E-state index contributed by atoms with van der Waals surface area (Å²) in [7, 11) is 0. The van der Waals surface area contributed by atoms with Gasteiger partial charge in [0.15, 0.2) is 0 Å². The second-order valence-corrected chi connectivity index (χ2v) is 3.24. The molecule has 14 heavy (non-hydrogen) atoms. The van der Waals surface area contributed by atoms with Crippen molar-refractivity contribution >= 4 is 17.8 Å². The molecule has 1 N–H and O–H groups in total. The van der Waals surface area contributed by atoms with Gasteiger partial charge in [0.1, 0.15) is 4.64 Å². The van der Waals surface area contributed by atoms with Crippen LogP contribution in [-0.2, 0) is 0 Å². The number of pyridine rings is 1. The third-order valence-corrected chi connectivity index (χ3v) is 2.02. The molecule has 0 fully saturated rings. The molecule has 0 aliphatic heterocycles. The average Bonchev–Trinajstić information content (AvgIpc) is 2.19. The largest absolute Gasteiger partial charge is 0.352 e. The molecule has 0 spiro atoms. The molecule has 1 rings (SSSR count). The molecule has 0 aromatic carbocycles. The Kier molecular flexibility index (Phi) is 4.08. The van der Waals surface area contributed by atoms with Gasteiger partial charge in [0.05, 0.1) is 0 Å². The Morgan fingerprint density at radius 3 is 2.79 bits per heavy atom. The summed E-state index contributed by atoms with van der Waals surface area (Å²) < 4.78 is 0.743. The lowest BCUT2D eigenvalue weighted by Crippen LogP contribution is -1.82. The highest BCUT2D eigenvalue weighted by Gasteiger charge is 1.94. The van der Waals surface area contributed by atoms with Gasteiger partial charge in [-0.05, 0) is 30.2 Å². The molecule has 72 valence electrons. The molecular formula is C12H13NS. The maximum atomic E-state index is 4.97. The van der Waals surface area contributed by atoms with E-state index in [0.717, 1.165) is 15.8 Å². The Labute approximate surface area is 89.5 Å². The van der Waals surface area contributed by atoms with Crippen LogP contribution in [0.3, 0.4) is 0 Å². The van der Waals surface area contributed by atoms with Crippen LogP contribution in [-0.4, -0.2) is 4.98 Å². The molecule has 1 aromatic heterocycles. The normalized spacial score (nSPS) is 11.9. The van der Waals surface area contributed by atoms with Gasteiger partial charge < -0.3 is 4.98 Å². The van der Waals surface area contributed by atoms with Crippen molar-refractivity contribution in [3.63, 3.8) is 0 Å². The second-order valence-electron chi connectivity index (χ2n) is 2.80. The van der Waals surface area contributed by atoms with Gasteiger partial charge in [0.2, 0.25) is 0 Å². The number of nitrogens with one attached hydrogen (secondary N) is 1. The molecule has 0 aliphatic carbocycles. The molecule has 0 unspecified atom stereocenters. The van der Waals surface area contributed by atoms with E-state index < -0.39 is 0 Å². The highest BCUT2D eigenvalue weighted by atomic mass is 32.1. The van der Waals surface area contributed by atoms with Crippen molar-refractivity contribution < 1.29 is 0 Å². The summed E-state index contributed by atoms with van der Waals surface area (Å²) in [5, 5.41) is 0. The second kappa shape index (κ2) is 5.35. The van der Waals surface area contributed by atoms with Crippen LogP contribution >= 0.6 is 12.2 Å². The van der Waals surface area contributed by atoms with Gasteiger partial charge in [-0.25, -0.2) is 0 Å². The van der Waals surface area contributed by atoms with Crippen molar-refractivity contribution in [2.24, 2.45) is 0 Å². The predicted octanol–water partition coefficient (Wildman–Crippen LogP) is 3.89. The average molecular weight is 203 g/mol. The lowest BCUT2D eigenvalue weighted by atomic mass is 10.1. The fourth-order valence-electron chi connectivity index (χ4n) is 1.14. The van der Waals surface area contributed by atoms with Crippen LogP contribution in [0.25, 0.3) is 5.57 Å². The first-order valence-corrected chi connectivity index (χ1v) is 4.83. The minimum Gasteiger partial charge on any atom is -0.352 e. The van der Waals surface area contributed by atoms with Crippen LogP contribution < -0.4 is 0 Å². The van der Waals surface area contributed by atoms with Crippen LogP contribution in [0.4, 0.5) is 0 Å². The third kappa shape index (κ3) is 2.82. The van der Waals surface area contributed by atoms with Crippen molar-refractivity contribution in [2.45, 2.75) is 6.92 Å². The molecule has 0 radical (unpaired) electrons. The molecule has 0 saturated heterocycles. The molecular weight excluding hydrogens is 190 g/mol. The van der Waals surface area contributed by atoms with Gasteiger partial charge in [-0.3, -0.25) is 0 Å². The van der Waals surface area contributed by atoms with E-state index in [2.05, 4.69) is 11.6 Å². The number of H-pyrrole nitrogens is 1. The Balaban J connectivity index is 3.12. The highest BCUT2D eigenvalue weighted by molar-refractivity contribution is 7.71. The summed E-state index contributed by atoms with van der Waals surface area (Å²) in [5.41, 5.74) is 2.23. The maximum Gasteiger partial charge on any atom is 0.103 e. The minimum atomic E-state index is 0.743. The van der Waals surface area contributed by atoms with E-state index in [1.165, 1.54) is 0 Å². The van der Waals surface area contributed by atoms with Crippen LogP contribution in [0.15, 0.2) is 49.2 Å². The quantitative estimate of drug-likeness (QED) is 0.582. The number of aromatic amines is 1. The topological polar surface area (TPSA) is 15.8 Å². The smallest absolute Gasteiger partial charge is 0.103 e. The van der Waals surface area contributed by atoms with Crippen LogP contribution in [0.2, 0.25) is 0 Å². The summed E-state index contributed by atoms with van der Waals surface area (Å²) in [4.78, 5) is 3.00. The maximum absolute atomic E-state index is 4.97. The van der Waals surface area contributed by atoms with Gasteiger partial charge in [0.25, 0.3) is 0 Å². The summed E-state index contributed by atoms with van der Waals surface area (Å²) in [6.45, 7) is 5.67. The van der Waals surface area contributed by atoms with Crippen molar-refractivity contribution in [3.8, 4) is 0 Å². The van der Waals surface area contributed by atoms with Crippen LogP contribution in [0.5, 0.6) is 0 Å². The monoisotopic (exact) mass is 203 g/mol. The lowest BCUT2D eigenvalue weighted by Gasteiger charge is -2.00. The van der Waals surface area contributed by atoms with E-state index in [1.807, 2.05) is 43.5 Å². The fourth-order valence-corrected chi connectivity index (χ4v) is 1.27. The zero-order chi connectivity index (χ0) is 10.4. The zero-order valence-electron chi connectivity index (χ0n) is 8.16. The van der Waals surface area contributed by atoms with Crippen LogP contribution in [0.1, 0.15) is 12.5 Å². The fraction of sp³-hybridized carbons (Fsp3) is 0.0833. The Morgan fingerprint density at radius 1 is 1.50 bits per heavy atom. The van der Waals surface area contributed by atoms with E-state index >= 15 is 0 Å². The first-order chi connectivity index (χ1) is 6.77. The first kappa shape index (κ1) is 10.7. The molecule has 0 atom stereocenters. The van der Waals surface area contributed by atoms with Crippen molar-refractivity contribution in [2.75, 3.05) is 0 Å². The van der Waals surface area contributed by atoms with Gasteiger partial charge in [-0.15, -0.1) is 0 Å². The summed E-state index contributed by atoms with van der Waals surface area (Å²) in [6.07, 6.45) is 9.67. The lowest BCUT2D eigenvalue weighted by molar-refractivity contribution is 1.28.